The highest BCUT2D eigenvalue weighted by atomic mass is 16.5. The molecular weight excluding hydrogens is 394 g/mol. The average Bonchev–Trinajstić information content (AvgIpc) is 2.78. The number of esters is 1. The van der Waals surface area contributed by atoms with Gasteiger partial charge in [0.1, 0.15) is 0 Å². The van der Waals surface area contributed by atoms with Crippen LogP contribution in [0.2, 0.25) is 0 Å². The van der Waals surface area contributed by atoms with Crippen LogP contribution in [0.25, 0.3) is 11.1 Å². The first-order valence-corrected chi connectivity index (χ1v) is 10.9. The second-order valence-electron chi connectivity index (χ2n) is 7.47. The van der Waals surface area contributed by atoms with Gasteiger partial charge in [0.15, 0.2) is 0 Å². The zero-order valence-electron chi connectivity index (χ0n) is 18.4. The average molecular weight is 428 g/mol. The fourth-order valence-corrected chi connectivity index (χ4v) is 3.31. The zero-order chi connectivity index (χ0) is 22.5. The summed E-state index contributed by atoms with van der Waals surface area (Å²) in [6.45, 7) is 4.00. The number of carbonyl (C=O) groups excluding carboxylic acids is 2. The van der Waals surface area contributed by atoms with Crippen LogP contribution in [0.15, 0.2) is 54.6 Å². The van der Waals surface area contributed by atoms with Gasteiger partial charge in [-0.05, 0) is 42.9 Å². The minimum atomic E-state index is -0.704. The Hall–Kier alpha value is -2.86. The quantitative estimate of drug-likeness (QED) is 0.388. The van der Waals surface area contributed by atoms with Crippen LogP contribution in [0.1, 0.15) is 38.7 Å². The first-order chi connectivity index (χ1) is 15.1. The lowest BCUT2D eigenvalue weighted by atomic mass is 9.94. The summed E-state index contributed by atoms with van der Waals surface area (Å²) in [4.78, 5) is 24.3. The largest absolute Gasteiger partial charge is 0.466 e. The lowest BCUT2D eigenvalue weighted by molar-refractivity contribution is -0.149. The van der Waals surface area contributed by atoms with Gasteiger partial charge in [-0.2, -0.15) is 0 Å². The van der Waals surface area contributed by atoms with E-state index in [1.54, 1.807) is 6.92 Å². The van der Waals surface area contributed by atoms with Gasteiger partial charge in [-0.1, -0.05) is 67.9 Å². The zero-order valence-corrected chi connectivity index (χ0v) is 18.4. The van der Waals surface area contributed by atoms with Gasteiger partial charge in [0.25, 0.3) is 0 Å². The Bertz CT molecular complexity index is 791. The molecule has 2 aromatic rings. The number of ether oxygens (including phenoxy) is 2. The van der Waals surface area contributed by atoms with Crippen molar-refractivity contribution in [1.29, 1.82) is 0 Å². The van der Waals surface area contributed by atoms with E-state index >= 15 is 0 Å². The van der Waals surface area contributed by atoms with Crippen LogP contribution in [0.5, 0.6) is 0 Å². The number of alkyl carbamates (subject to hydrolysis) is 1. The molecule has 6 nitrogen and oxygen atoms in total. The van der Waals surface area contributed by atoms with Crippen molar-refractivity contribution >= 4 is 12.1 Å². The molecular formula is C25H33NO5. The molecule has 0 aliphatic rings. The second-order valence-corrected chi connectivity index (χ2v) is 7.47. The fraction of sp³-hybridized carbons (Fsp3) is 0.440. The summed E-state index contributed by atoms with van der Waals surface area (Å²) in [5, 5.41) is 12.5. The molecule has 6 heteroatoms. The van der Waals surface area contributed by atoms with Crippen molar-refractivity contribution in [3.05, 3.63) is 60.2 Å². The van der Waals surface area contributed by atoms with E-state index in [1.807, 2.05) is 49.4 Å². The second kappa shape index (κ2) is 13.4. The summed E-state index contributed by atoms with van der Waals surface area (Å²) in [6, 6.07) is 17.8. The van der Waals surface area contributed by atoms with Crippen molar-refractivity contribution in [3.8, 4) is 11.1 Å². The normalized spacial score (nSPS) is 12.6. The molecule has 0 bridgehead atoms. The molecule has 2 N–H and O–H groups in total. The van der Waals surface area contributed by atoms with Crippen LogP contribution in [-0.2, 0) is 20.7 Å². The van der Waals surface area contributed by atoms with E-state index in [0.29, 0.717) is 13.0 Å². The Balaban J connectivity index is 2.09. The molecule has 2 aromatic carbocycles. The van der Waals surface area contributed by atoms with Crippen molar-refractivity contribution in [3.63, 3.8) is 0 Å². The van der Waals surface area contributed by atoms with E-state index in [-0.39, 0.29) is 25.7 Å². The number of rotatable bonds is 12. The summed E-state index contributed by atoms with van der Waals surface area (Å²) in [6.07, 6.45) is 1.98. The molecule has 0 aliphatic heterocycles. The molecule has 0 saturated carbocycles. The molecule has 0 heterocycles. The number of aliphatic hydroxyl groups is 1. The minimum Gasteiger partial charge on any atom is -0.466 e. The van der Waals surface area contributed by atoms with Gasteiger partial charge in [0.2, 0.25) is 0 Å². The standard InChI is InChI=1S/C25H33NO5/c1-3-5-15-31-25(29)26-23(17-22(18-27)24(28)30-4-2)16-19-11-13-21(14-12-19)20-9-7-6-8-10-20/h6-14,22-23,27H,3-5,15-18H2,1-2H3,(H,26,29)/t22-,23+/m0/s1. The molecule has 1 amide bonds. The maximum atomic E-state index is 12.2. The Morgan fingerprint density at radius 2 is 1.65 bits per heavy atom. The highest BCUT2D eigenvalue weighted by Gasteiger charge is 2.25. The van der Waals surface area contributed by atoms with Crippen molar-refractivity contribution in [1.82, 2.24) is 5.32 Å². The van der Waals surface area contributed by atoms with E-state index in [9.17, 15) is 14.7 Å². The van der Waals surface area contributed by atoms with Crippen LogP contribution >= 0.6 is 0 Å². The Morgan fingerprint density at radius 1 is 0.968 bits per heavy atom. The number of aliphatic hydroxyl groups excluding tert-OH is 1. The summed E-state index contributed by atoms with van der Waals surface area (Å²) in [7, 11) is 0. The highest BCUT2D eigenvalue weighted by molar-refractivity contribution is 5.73. The third-order valence-corrected chi connectivity index (χ3v) is 5.01. The number of unbranched alkanes of at least 4 members (excludes halogenated alkanes) is 1. The first-order valence-electron chi connectivity index (χ1n) is 10.9. The number of amides is 1. The van der Waals surface area contributed by atoms with Gasteiger partial charge >= 0.3 is 12.1 Å². The van der Waals surface area contributed by atoms with E-state index in [4.69, 9.17) is 9.47 Å². The number of hydrogen-bond acceptors (Lipinski definition) is 5. The molecule has 2 rings (SSSR count). The van der Waals surface area contributed by atoms with Gasteiger partial charge < -0.3 is 19.9 Å². The van der Waals surface area contributed by atoms with Crippen LogP contribution < -0.4 is 5.32 Å². The Morgan fingerprint density at radius 3 is 2.26 bits per heavy atom. The highest BCUT2D eigenvalue weighted by Crippen LogP contribution is 2.21. The summed E-state index contributed by atoms with van der Waals surface area (Å²) < 4.78 is 10.3. The molecule has 0 radical (unpaired) electrons. The van der Waals surface area contributed by atoms with E-state index < -0.39 is 18.0 Å². The van der Waals surface area contributed by atoms with Gasteiger partial charge in [0.05, 0.1) is 25.7 Å². The maximum absolute atomic E-state index is 12.2. The van der Waals surface area contributed by atoms with Gasteiger partial charge in [-0.25, -0.2) is 4.79 Å². The SMILES string of the molecule is CCCCOC(=O)N[C@H](Cc1ccc(-c2ccccc2)cc1)C[C@@H](CO)C(=O)OCC. The molecule has 0 aliphatic carbocycles. The van der Waals surface area contributed by atoms with Gasteiger partial charge in [-0.15, -0.1) is 0 Å². The van der Waals surface area contributed by atoms with Crippen molar-refractivity contribution in [2.45, 2.75) is 45.6 Å². The monoisotopic (exact) mass is 427 g/mol. The van der Waals surface area contributed by atoms with E-state index in [0.717, 1.165) is 29.5 Å². The lowest BCUT2D eigenvalue weighted by Crippen LogP contribution is -2.40. The minimum absolute atomic E-state index is 0.243. The van der Waals surface area contributed by atoms with Crippen LogP contribution in [0.4, 0.5) is 4.79 Å². The van der Waals surface area contributed by atoms with E-state index in [1.165, 1.54) is 0 Å². The predicted molar refractivity (Wildman–Crippen MR) is 121 cm³/mol. The van der Waals surface area contributed by atoms with Crippen molar-refractivity contribution < 1.29 is 24.2 Å². The van der Waals surface area contributed by atoms with Crippen molar-refractivity contribution in [2.24, 2.45) is 5.92 Å². The number of carbonyl (C=O) groups is 2. The molecule has 2 atom stereocenters. The van der Waals surface area contributed by atoms with Crippen LogP contribution in [0, 0.1) is 5.92 Å². The maximum Gasteiger partial charge on any atom is 0.407 e. The summed E-state index contributed by atoms with van der Waals surface area (Å²) in [5.41, 5.74) is 3.25. The first kappa shape index (κ1) is 24.4. The summed E-state index contributed by atoms with van der Waals surface area (Å²) >= 11 is 0. The van der Waals surface area contributed by atoms with Gasteiger partial charge in [0, 0.05) is 6.04 Å². The Labute approximate surface area is 184 Å². The number of benzene rings is 2. The number of nitrogens with one attached hydrogen (secondary N) is 1. The van der Waals surface area contributed by atoms with Crippen LogP contribution in [0.3, 0.4) is 0 Å². The van der Waals surface area contributed by atoms with Crippen molar-refractivity contribution in [2.75, 3.05) is 19.8 Å². The third kappa shape index (κ3) is 8.42. The molecule has 0 spiro atoms. The predicted octanol–water partition coefficient (Wildman–Crippen LogP) is 4.35. The summed E-state index contributed by atoms with van der Waals surface area (Å²) in [5.74, 6) is -1.17. The molecule has 31 heavy (non-hydrogen) atoms. The van der Waals surface area contributed by atoms with Gasteiger partial charge in [-0.3, -0.25) is 4.79 Å². The van der Waals surface area contributed by atoms with E-state index in [2.05, 4.69) is 17.4 Å². The molecule has 0 aromatic heterocycles. The molecule has 168 valence electrons. The third-order valence-electron chi connectivity index (χ3n) is 5.01. The topological polar surface area (TPSA) is 84.9 Å². The lowest BCUT2D eigenvalue weighted by Gasteiger charge is -2.22. The number of hydrogen-bond donors (Lipinski definition) is 2. The smallest absolute Gasteiger partial charge is 0.407 e. The fourth-order valence-electron chi connectivity index (χ4n) is 3.31. The molecule has 0 saturated heterocycles. The molecule has 0 unspecified atom stereocenters. The van der Waals surface area contributed by atoms with Crippen LogP contribution in [-0.4, -0.2) is 43.0 Å². The Kier molecular flexibility index (Phi) is 10.6. The molecule has 0 fully saturated rings.